The van der Waals surface area contributed by atoms with Crippen molar-refractivity contribution >= 4 is 91.8 Å². The van der Waals surface area contributed by atoms with E-state index in [1.807, 2.05) is 56.7 Å². The van der Waals surface area contributed by atoms with Gasteiger partial charge in [0, 0.05) is 64.8 Å². The average molecular weight is 600 g/mol. The monoisotopic (exact) mass is 599 g/mol. The van der Waals surface area contributed by atoms with E-state index in [0.717, 1.165) is 5.00 Å². The molecule has 0 amide bonds. The van der Waals surface area contributed by atoms with Gasteiger partial charge in [-0.2, -0.15) is 0 Å². The minimum Gasteiger partial charge on any atom is -0.391 e. The molecule has 38 heavy (non-hydrogen) atoms. The SMILES string of the molecule is Cc1cc2sc(-c3cc4c(s3)-c3cc5c(cc3C4C)-c3sc(-c4cc6sc(N)cc6s4)cc3[C@@H]5C)cc2s1. The van der Waals surface area contributed by atoms with Crippen molar-refractivity contribution in [2.75, 3.05) is 5.73 Å². The fraction of sp³-hybridized carbons (Fsp3) is 0.161. The van der Waals surface area contributed by atoms with E-state index in [4.69, 9.17) is 5.73 Å². The van der Waals surface area contributed by atoms with Gasteiger partial charge in [0.15, 0.2) is 0 Å². The first-order valence-electron chi connectivity index (χ1n) is 12.7. The van der Waals surface area contributed by atoms with Crippen LogP contribution in [0.2, 0.25) is 0 Å². The van der Waals surface area contributed by atoms with Gasteiger partial charge in [-0.15, -0.1) is 68.0 Å². The molecule has 0 bridgehead atoms. The van der Waals surface area contributed by atoms with Crippen molar-refractivity contribution in [3.63, 3.8) is 0 Å². The molecule has 6 heterocycles. The van der Waals surface area contributed by atoms with Crippen molar-refractivity contribution in [1.82, 2.24) is 0 Å². The Morgan fingerprint density at radius 2 is 0.974 bits per heavy atom. The summed E-state index contributed by atoms with van der Waals surface area (Å²) in [7, 11) is 0. The Morgan fingerprint density at radius 3 is 1.50 bits per heavy atom. The highest BCUT2D eigenvalue weighted by Crippen LogP contribution is 2.58. The van der Waals surface area contributed by atoms with Gasteiger partial charge in [-0.25, -0.2) is 0 Å². The molecule has 0 saturated carbocycles. The minimum absolute atomic E-state index is 0.429. The second kappa shape index (κ2) is 7.68. The fourth-order valence-electron chi connectivity index (χ4n) is 6.25. The number of thiophene rings is 6. The molecule has 2 aliphatic carbocycles. The lowest BCUT2D eigenvalue weighted by Crippen LogP contribution is -1.93. The summed E-state index contributed by atoms with van der Waals surface area (Å²) >= 11 is 11.4. The van der Waals surface area contributed by atoms with Crippen LogP contribution in [0.3, 0.4) is 0 Å². The molecule has 6 aromatic heterocycles. The van der Waals surface area contributed by atoms with E-state index >= 15 is 0 Å². The first-order chi connectivity index (χ1) is 18.4. The van der Waals surface area contributed by atoms with Gasteiger partial charge in [-0.05, 0) is 88.8 Å². The first-order valence-corrected chi connectivity index (χ1v) is 17.6. The molecule has 1 aromatic carbocycles. The molecule has 2 atom stereocenters. The number of aryl methyl sites for hydroxylation is 1. The minimum atomic E-state index is 0.429. The Labute approximate surface area is 244 Å². The fourth-order valence-corrected chi connectivity index (χ4v) is 13.5. The van der Waals surface area contributed by atoms with Crippen molar-refractivity contribution < 1.29 is 0 Å². The maximum Gasteiger partial charge on any atom is 0.0877 e. The molecular weight excluding hydrogens is 579 g/mol. The van der Waals surface area contributed by atoms with Crippen LogP contribution >= 0.6 is 68.0 Å². The molecule has 2 aliphatic rings. The van der Waals surface area contributed by atoms with Crippen molar-refractivity contribution in [3.8, 4) is 40.4 Å². The quantitative estimate of drug-likeness (QED) is 0.210. The molecular formula is C31H21NS6. The predicted molar refractivity (Wildman–Crippen MR) is 175 cm³/mol. The summed E-state index contributed by atoms with van der Waals surface area (Å²) in [6, 6.07) is 19.2. The van der Waals surface area contributed by atoms with Crippen LogP contribution in [0.15, 0.2) is 48.5 Å². The Bertz CT molecular complexity index is 1890. The lowest BCUT2D eigenvalue weighted by molar-refractivity contribution is 0.946. The number of nitrogen functional groups attached to an aromatic ring is 1. The van der Waals surface area contributed by atoms with Gasteiger partial charge in [0.1, 0.15) is 0 Å². The van der Waals surface area contributed by atoms with E-state index in [-0.39, 0.29) is 0 Å². The molecule has 0 fully saturated rings. The molecule has 9 rings (SSSR count). The van der Waals surface area contributed by atoms with Gasteiger partial charge in [0.2, 0.25) is 0 Å². The summed E-state index contributed by atoms with van der Waals surface area (Å²) < 4.78 is 5.46. The normalized spacial score (nSPS) is 17.4. The van der Waals surface area contributed by atoms with Crippen molar-refractivity contribution in [2.45, 2.75) is 32.6 Å². The van der Waals surface area contributed by atoms with Crippen LogP contribution in [-0.4, -0.2) is 0 Å². The van der Waals surface area contributed by atoms with Crippen LogP contribution in [0.25, 0.3) is 59.2 Å². The number of rotatable bonds is 2. The third-order valence-corrected chi connectivity index (χ3v) is 15.2. The lowest BCUT2D eigenvalue weighted by atomic mass is 9.93. The Kier molecular flexibility index (Phi) is 4.56. The summed E-state index contributed by atoms with van der Waals surface area (Å²) in [5.41, 5.74) is 14.9. The lowest BCUT2D eigenvalue weighted by Gasteiger charge is -2.12. The van der Waals surface area contributed by atoms with E-state index in [2.05, 4.69) is 69.3 Å². The number of hydrogen-bond donors (Lipinski definition) is 1. The molecule has 0 radical (unpaired) electrons. The van der Waals surface area contributed by atoms with E-state index in [9.17, 15) is 0 Å². The van der Waals surface area contributed by atoms with Gasteiger partial charge in [0.05, 0.1) is 5.00 Å². The molecule has 2 N–H and O–H groups in total. The highest BCUT2D eigenvalue weighted by molar-refractivity contribution is 7.33. The highest BCUT2D eigenvalue weighted by atomic mass is 32.1. The average Bonchev–Trinajstić information content (AvgIpc) is 3.70. The maximum absolute atomic E-state index is 6.02. The van der Waals surface area contributed by atoms with Crippen LogP contribution in [-0.2, 0) is 0 Å². The number of benzene rings is 1. The summed E-state index contributed by atoms with van der Waals surface area (Å²) in [4.78, 5) is 9.96. The summed E-state index contributed by atoms with van der Waals surface area (Å²) in [5.74, 6) is 0.866. The standard InChI is InChI=1S/C31H21NS6/c1-12-4-21-24(33-12)9-25(34-21)22-7-17-13(2)15-6-20-16(5-19(15)30(17)37-22)14(3)18-8-23(38-31(18)20)26-10-27-28(35-26)11-29(32)36-27/h4-11,13-14H,32H2,1-3H3/t13?,14-/m1/s1. The van der Waals surface area contributed by atoms with Crippen LogP contribution in [0.1, 0.15) is 52.8 Å². The predicted octanol–water partition coefficient (Wildman–Crippen LogP) is 11.9. The van der Waals surface area contributed by atoms with E-state index in [1.54, 1.807) is 11.3 Å². The zero-order chi connectivity index (χ0) is 25.4. The smallest absolute Gasteiger partial charge is 0.0877 e. The van der Waals surface area contributed by atoms with Crippen LogP contribution in [0.5, 0.6) is 0 Å². The molecule has 1 nitrogen and oxygen atoms in total. The molecule has 0 spiro atoms. The molecule has 186 valence electrons. The van der Waals surface area contributed by atoms with Gasteiger partial charge in [-0.3, -0.25) is 0 Å². The topological polar surface area (TPSA) is 26.0 Å². The van der Waals surface area contributed by atoms with Gasteiger partial charge in [0.25, 0.3) is 0 Å². The Hall–Kier alpha value is -2.26. The number of hydrogen-bond acceptors (Lipinski definition) is 7. The van der Waals surface area contributed by atoms with Crippen molar-refractivity contribution in [3.05, 3.63) is 75.7 Å². The van der Waals surface area contributed by atoms with Gasteiger partial charge in [-0.1, -0.05) is 13.8 Å². The summed E-state index contributed by atoms with van der Waals surface area (Å²) in [5, 5.41) is 0.905. The third kappa shape index (κ3) is 3.00. The Balaban J connectivity index is 1.12. The van der Waals surface area contributed by atoms with Gasteiger partial charge >= 0.3 is 0 Å². The molecule has 1 unspecified atom stereocenters. The molecule has 0 saturated heterocycles. The van der Waals surface area contributed by atoms with Crippen molar-refractivity contribution in [1.29, 1.82) is 0 Å². The number of anilines is 1. The molecule has 7 aromatic rings. The van der Waals surface area contributed by atoms with Gasteiger partial charge < -0.3 is 5.73 Å². The van der Waals surface area contributed by atoms with E-state index < -0.39 is 0 Å². The number of nitrogens with two attached hydrogens (primary N) is 1. The summed E-state index contributed by atoms with van der Waals surface area (Å²) in [6.45, 7) is 6.99. The maximum atomic E-state index is 6.02. The van der Waals surface area contributed by atoms with Crippen LogP contribution in [0, 0.1) is 6.92 Å². The largest absolute Gasteiger partial charge is 0.391 e. The third-order valence-electron chi connectivity index (χ3n) is 8.14. The zero-order valence-corrected chi connectivity index (χ0v) is 25.7. The highest BCUT2D eigenvalue weighted by Gasteiger charge is 2.35. The van der Waals surface area contributed by atoms with Crippen molar-refractivity contribution in [2.24, 2.45) is 0 Å². The van der Waals surface area contributed by atoms with Crippen LogP contribution in [0.4, 0.5) is 5.00 Å². The zero-order valence-electron chi connectivity index (χ0n) is 20.8. The molecule has 7 heteroatoms. The first kappa shape index (κ1) is 22.5. The Morgan fingerprint density at radius 1 is 0.500 bits per heavy atom. The second-order valence-corrected chi connectivity index (χ2v) is 17.1. The van der Waals surface area contributed by atoms with Crippen LogP contribution < -0.4 is 5.73 Å². The van der Waals surface area contributed by atoms with E-state index in [0.29, 0.717) is 11.8 Å². The summed E-state index contributed by atoms with van der Waals surface area (Å²) in [6.07, 6.45) is 0. The molecule has 0 aliphatic heterocycles. The van der Waals surface area contributed by atoms with E-state index in [1.165, 1.54) is 86.3 Å². The number of fused-ring (bicyclic) bond motifs is 8. The second-order valence-electron chi connectivity index (χ2n) is 10.4.